The van der Waals surface area contributed by atoms with E-state index in [0.29, 0.717) is 25.5 Å². The molecule has 0 radical (unpaired) electrons. The van der Waals surface area contributed by atoms with Gasteiger partial charge in [-0.2, -0.15) is 0 Å². The Morgan fingerprint density at radius 2 is 2.37 bits per heavy atom. The van der Waals surface area contributed by atoms with Crippen LogP contribution in [0.15, 0.2) is 28.7 Å². The molecule has 1 aromatic carbocycles. The summed E-state index contributed by atoms with van der Waals surface area (Å²) in [7, 11) is 0. The van der Waals surface area contributed by atoms with E-state index >= 15 is 0 Å². The Bertz CT molecular complexity index is 439. The van der Waals surface area contributed by atoms with Crippen molar-refractivity contribution in [3.63, 3.8) is 0 Å². The fourth-order valence-electron chi connectivity index (χ4n) is 2.22. The van der Waals surface area contributed by atoms with Gasteiger partial charge in [0.05, 0.1) is 13.0 Å². The predicted molar refractivity (Wildman–Crippen MR) is 78.0 cm³/mol. The van der Waals surface area contributed by atoms with Crippen LogP contribution in [0.1, 0.15) is 12.8 Å². The highest BCUT2D eigenvalue weighted by Gasteiger charge is 2.24. The van der Waals surface area contributed by atoms with Crippen molar-refractivity contribution in [2.45, 2.75) is 12.8 Å². The van der Waals surface area contributed by atoms with E-state index in [-0.39, 0.29) is 5.91 Å². The molecule has 0 saturated carbocycles. The number of rotatable bonds is 5. The molecule has 0 aliphatic carbocycles. The number of carbonyl (C=O) groups excluding carboxylic acids is 1. The third kappa shape index (κ3) is 4.21. The molecule has 1 saturated heterocycles. The van der Waals surface area contributed by atoms with E-state index in [1.165, 1.54) is 0 Å². The zero-order chi connectivity index (χ0) is 13.7. The van der Waals surface area contributed by atoms with Gasteiger partial charge in [0.15, 0.2) is 0 Å². The number of benzene rings is 1. The van der Waals surface area contributed by atoms with Crippen molar-refractivity contribution in [2.24, 2.45) is 11.7 Å². The van der Waals surface area contributed by atoms with Gasteiger partial charge in [-0.25, -0.2) is 0 Å². The van der Waals surface area contributed by atoms with Gasteiger partial charge in [-0.15, -0.1) is 0 Å². The van der Waals surface area contributed by atoms with Gasteiger partial charge in [-0.3, -0.25) is 4.79 Å². The average molecular weight is 327 g/mol. The van der Waals surface area contributed by atoms with Gasteiger partial charge in [-0.1, -0.05) is 22.0 Å². The lowest BCUT2D eigenvalue weighted by Crippen LogP contribution is -2.30. The van der Waals surface area contributed by atoms with Crippen LogP contribution in [0.2, 0.25) is 0 Å². The van der Waals surface area contributed by atoms with Crippen LogP contribution in [-0.4, -0.2) is 37.0 Å². The van der Waals surface area contributed by atoms with E-state index in [1.54, 1.807) is 0 Å². The number of likely N-dealkylation sites (tertiary alicyclic amines) is 1. The minimum absolute atomic E-state index is 0.158. The second-order valence-electron chi connectivity index (χ2n) is 4.79. The first-order valence-corrected chi connectivity index (χ1v) is 7.34. The molecule has 2 rings (SSSR count). The van der Waals surface area contributed by atoms with Crippen LogP contribution in [0.5, 0.6) is 5.75 Å². The molecule has 1 aromatic rings. The highest BCUT2D eigenvalue weighted by Crippen LogP contribution is 2.19. The highest BCUT2D eigenvalue weighted by atomic mass is 79.9. The van der Waals surface area contributed by atoms with Crippen molar-refractivity contribution in [3.05, 3.63) is 28.7 Å². The Balaban J connectivity index is 1.72. The predicted octanol–water partition coefficient (Wildman–Crippen LogP) is 2.03. The summed E-state index contributed by atoms with van der Waals surface area (Å²) in [6.07, 6.45) is 1.44. The number of ether oxygens (including phenoxy) is 1. The summed E-state index contributed by atoms with van der Waals surface area (Å²) in [5.74, 6) is 1.41. The van der Waals surface area contributed by atoms with Crippen LogP contribution in [-0.2, 0) is 4.79 Å². The molecule has 0 spiro atoms. The summed E-state index contributed by atoms with van der Waals surface area (Å²) in [6, 6.07) is 7.63. The van der Waals surface area contributed by atoms with Crippen molar-refractivity contribution in [1.82, 2.24) is 4.90 Å². The molecule has 0 bridgehead atoms. The SMILES string of the molecule is NCC1CCN(C(=O)CCOc2cccc(Br)c2)C1. The van der Waals surface area contributed by atoms with Crippen molar-refractivity contribution >= 4 is 21.8 Å². The molecule has 1 atom stereocenters. The van der Waals surface area contributed by atoms with Gasteiger partial charge in [0.25, 0.3) is 0 Å². The lowest BCUT2D eigenvalue weighted by molar-refractivity contribution is -0.130. The molecule has 1 amide bonds. The van der Waals surface area contributed by atoms with Crippen LogP contribution >= 0.6 is 15.9 Å². The first-order chi connectivity index (χ1) is 9.19. The molecule has 4 nitrogen and oxygen atoms in total. The fraction of sp³-hybridized carbons (Fsp3) is 0.500. The third-order valence-electron chi connectivity index (χ3n) is 3.35. The Morgan fingerprint density at radius 1 is 1.53 bits per heavy atom. The summed E-state index contributed by atoms with van der Waals surface area (Å²) in [4.78, 5) is 13.9. The number of nitrogens with zero attached hydrogens (tertiary/aromatic N) is 1. The maximum absolute atomic E-state index is 12.0. The van der Waals surface area contributed by atoms with Gasteiger partial charge in [-0.05, 0) is 37.1 Å². The standard InChI is InChI=1S/C14H19BrN2O2/c15-12-2-1-3-13(8-12)19-7-5-14(18)17-6-4-11(9-16)10-17/h1-3,8,11H,4-7,9-10,16H2. The van der Waals surface area contributed by atoms with E-state index in [0.717, 1.165) is 29.7 Å². The second-order valence-corrected chi connectivity index (χ2v) is 5.70. The molecule has 2 N–H and O–H groups in total. The maximum atomic E-state index is 12.0. The molecular weight excluding hydrogens is 308 g/mol. The average Bonchev–Trinajstić information content (AvgIpc) is 2.87. The van der Waals surface area contributed by atoms with Gasteiger partial charge in [0.2, 0.25) is 5.91 Å². The molecule has 1 heterocycles. The van der Waals surface area contributed by atoms with Crippen molar-refractivity contribution < 1.29 is 9.53 Å². The van der Waals surface area contributed by atoms with Crippen molar-refractivity contribution in [2.75, 3.05) is 26.2 Å². The highest BCUT2D eigenvalue weighted by molar-refractivity contribution is 9.10. The molecule has 5 heteroatoms. The number of hydrogen-bond acceptors (Lipinski definition) is 3. The molecule has 19 heavy (non-hydrogen) atoms. The van der Waals surface area contributed by atoms with Crippen LogP contribution in [0.4, 0.5) is 0 Å². The summed E-state index contributed by atoms with van der Waals surface area (Å²) in [6.45, 7) is 2.71. The van der Waals surface area contributed by atoms with Gasteiger partial charge >= 0.3 is 0 Å². The molecular formula is C14H19BrN2O2. The number of halogens is 1. The first-order valence-electron chi connectivity index (χ1n) is 6.55. The molecule has 1 unspecified atom stereocenters. The molecule has 0 aromatic heterocycles. The minimum Gasteiger partial charge on any atom is -0.493 e. The third-order valence-corrected chi connectivity index (χ3v) is 3.85. The summed E-state index contributed by atoms with van der Waals surface area (Å²) in [5, 5.41) is 0. The van der Waals surface area contributed by atoms with Crippen LogP contribution in [0.25, 0.3) is 0 Å². The minimum atomic E-state index is 0.158. The summed E-state index contributed by atoms with van der Waals surface area (Å²) < 4.78 is 6.54. The largest absolute Gasteiger partial charge is 0.493 e. The number of carbonyl (C=O) groups is 1. The number of amides is 1. The molecule has 104 valence electrons. The van der Waals surface area contributed by atoms with E-state index in [2.05, 4.69) is 15.9 Å². The Labute approximate surface area is 122 Å². The maximum Gasteiger partial charge on any atom is 0.226 e. The van der Waals surface area contributed by atoms with E-state index < -0.39 is 0 Å². The van der Waals surface area contributed by atoms with Crippen LogP contribution in [0, 0.1) is 5.92 Å². The lowest BCUT2D eigenvalue weighted by atomic mass is 10.1. The topological polar surface area (TPSA) is 55.6 Å². The van der Waals surface area contributed by atoms with Gasteiger partial charge in [0, 0.05) is 17.6 Å². The monoisotopic (exact) mass is 326 g/mol. The Morgan fingerprint density at radius 3 is 3.05 bits per heavy atom. The van der Waals surface area contributed by atoms with Crippen molar-refractivity contribution in [3.8, 4) is 5.75 Å². The van der Waals surface area contributed by atoms with E-state index in [1.807, 2.05) is 29.2 Å². The van der Waals surface area contributed by atoms with Crippen LogP contribution in [0.3, 0.4) is 0 Å². The van der Waals surface area contributed by atoms with Gasteiger partial charge < -0.3 is 15.4 Å². The molecule has 1 fully saturated rings. The van der Waals surface area contributed by atoms with Crippen LogP contribution < -0.4 is 10.5 Å². The zero-order valence-corrected chi connectivity index (χ0v) is 12.4. The molecule has 1 aliphatic rings. The fourth-order valence-corrected chi connectivity index (χ4v) is 2.60. The lowest BCUT2D eigenvalue weighted by Gasteiger charge is -2.16. The Hall–Kier alpha value is -1.07. The smallest absolute Gasteiger partial charge is 0.226 e. The first kappa shape index (κ1) is 14.3. The van der Waals surface area contributed by atoms with Crippen molar-refractivity contribution in [1.29, 1.82) is 0 Å². The second kappa shape index (κ2) is 6.91. The summed E-state index contributed by atoms with van der Waals surface area (Å²) in [5.41, 5.74) is 5.62. The number of nitrogens with two attached hydrogens (primary N) is 1. The normalized spacial score (nSPS) is 18.6. The quantitative estimate of drug-likeness (QED) is 0.900. The van der Waals surface area contributed by atoms with E-state index in [9.17, 15) is 4.79 Å². The summed E-state index contributed by atoms with van der Waals surface area (Å²) >= 11 is 3.38. The van der Waals surface area contributed by atoms with E-state index in [4.69, 9.17) is 10.5 Å². The Kier molecular flexibility index (Phi) is 5.22. The molecule has 1 aliphatic heterocycles. The van der Waals surface area contributed by atoms with Gasteiger partial charge in [0.1, 0.15) is 5.75 Å². The zero-order valence-electron chi connectivity index (χ0n) is 10.8. The number of hydrogen-bond donors (Lipinski definition) is 1.